The molecule has 26 heavy (non-hydrogen) atoms. The average Bonchev–Trinajstić information content (AvgIpc) is 2.87. The predicted molar refractivity (Wildman–Crippen MR) is 102 cm³/mol. The minimum atomic E-state index is 0.0656. The van der Waals surface area contributed by atoms with Gasteiger partial charge in [0.15, 0.2) is 5.78 Å². The van der Waals surface area contributed by atoms with Crippen LogP contribution in [0.15, 0.2) is 0 Å². The molecule has 4 rings (SSSR count). The van der Waals surface area contributed by atoms with Crippen molar-refractivity contribution in [3.63, 3.8) is 0 Å². The molecule has 1 N–H and O–H groups in total. The van der Waals surface area contributed by atoms with Crippen molar-refractivity contribution in [3.05, 3.63) is 22.5 Å². The molecule has 3 aliphatic rings. The molecule has 0 aromatic carbocycles. The van der Waals surface area contributed by atoms with Crippen molar-refractivity contribution >= 4 is 11.7 Å². The molecule has 1 amide bonds. The van der Waals surface area contributed by atoms with Crippen LogP contribution in [0.25, 0.3) is 0 Å². The number of ketones is 1. The number of amides is 1. The molecule has 2 aliphatic heterocycles. The second-order valence-corrected chi connectivity index (χ2v) is 8.70. The molecule has 1 aromatic heterocycles. The van der Waals surface area contributed by atoms with Crippen LogP contribution in [0.4, 0.5) is 0 Å². The van der Waals surface area contributed by atoms with E-state index in [2.05, 4.69) is 16.9 Å². The number of piperidine rings is 1. The summed E-state index contributed by atoms with van der Waals surface area (Å²) in [7, 11) is 2.21. The summed E-state index contributed by atoms with van der Waals surface area (Å²) in [5, 5.41) is 0. The van der Waals surface area contributed by atoms with Crippen molar-refractivity contribution in [2.24, 2.45) is 5.41 Å². The number of likely N-dealkylation sites (tertiary alicyclic amines) is 2. The molecule has 2 saturated heterocycles. The number of H-pyrrole nitrogens is 1. The number of aromatic amines is 1. The normalized spacial score (nSPS) is 23.8. The van der Waals surface area contributed by atoms with Gasteiger partial charge in [-0.3, -0.25) is 9.59 Å². The lowest BCUT2D eigenvalue weighted by atomic mass is 9.73. The zero-order valence-corrected chi connectivity index (χ0v) is 16.2. The number of aromatic nitrogens is 1. The van der Waals surface area contributed by atoms with Crippen LogP contribution in [0.5, 0.6) is 0 Å². The third-order valence-electron chi connectivity index (χ3n) is 6.97. The molecule has 5 nitrogen and oxygen atoms in total. The fourth-order valence-electron chi connectivity index (χ4n) is 5.23. The number of rotatable bonds is 1. The van der Waals surface area contributed by atoms with Crippen molar-refractivity contribution < 1.29 is 9.59 Å². The number of aryl methyl sites for hydroxylation is 2. The Morgan fingerprint density at radius 1 is 1.00 bits per heavy atom. The Morgan fingerprint density at radius 3 is 2.50 bits per heavy atom. The van der Waals surface area contributed by atoms with Gasteiger partial charge in [0.05, 0.1) is 11.1 Å². The summed E-state index contributed by atoms with van der Waals surface area (Å²) in [6, 6.07) is 0. The van der Waals surface area contributed by atoms with Gasteiger partial charge < -0.3 is 14.8 Å². The van der Waals surface area contributed by atoms with E-state index in [4.69, 9.17) is 0 Å². The van der Waals surface area contributed by atoms with E-state index in [-0.39, 0.29) is 11.7 Å². The quantitative estimate of drug-likeness (QED) is 0.840. The van der Waals surface area contributed by atoms with Crippen molar-refractivity contribution in [2.75, 3.05) is 33.2 Å². The van der Waals surface area contributed by atoms with Crippen molar-refractivity contribution in [2.45, 2.75) is 58.3 Å². The van der Waals surface area contributed by atoms with E-state index in [9.17, 15) is 9.59 Å². The number of nitrogens with zero attached hydrogens (tertiary/aromatic N) is 2. The molecule has 0 unspecified atom stereocenters. The fourth-order valence-corrected chi connectivity index (χ4v) is 5.23. The second kappa shape index (κ2) is 6.84. The molecule has 1 spiro atoms. The molecule has 1 aromatic rings. The Balaban J connectivity index is 1.49. The van der Waals surface area contributed by atoms with E-state index in [0.29, 0.717) is 23.0 Å². The molecular formula is C21H31N3O2. The van der Waals surface area contributed by atoms with Gasteiger partial charge in [-0.2, -0.15) is 0 Å². The molecule has 5 heteroatoms. The smallest absolute Gasteiger partial charge is 0.256 e. The molecule has 0 saturated carbocycles. The largest absolute Gasteiger partial charge is 0.361 e. The van der Waals surface area contributed by atoms with Gasteiger partial charge in [-0.1, -0.05) is 0 Å². The highest BCUT2D eigenvalue weighted by atomic mass is 16.2. The summed E-state index contributed by atoms with van der Waals surface area (Å²) in [5.41, 5.74) is 3.61. The van der Waals surface area contributed by atoms with Crippen LogP contribution < -0.4 is 0 Å². The zero-order chi connectivity index (χ0) is 18.3. The van der Waals surface area contributed by atoms with E-state index in [1.807, 2.05) is 11.8 Å². The van der Waals surface area contributed by atoms with Gasteiger partial charge in [-0.25, -0.2) is 0 Å². The van der Waals surface area contributed by atoms with Gasteiger partial charge in [-0.15, -0.1) is 0 Å². The first-order valence-electron chi connectivity index (χ1n) is 10.2. The van der Waals surface area contributed by atoms with Crippen molar-refractivity contribution in [3.8, 4) is 0 Å². The number of Topliss-reactive ketones (excluding diaryl/α,β-unsaturated/α-hetero) is 1. The first-order chi connectivity index (χ1) is 12.5. The summed E-state index contributed by atoms with van der Waals surface area (Å²) in [5.74, 6) is 0.204. The summed E-state index contributed by atoms with van der Waals surface area (Å²) < 4.78 is 0. The van der Waals surface area contributed by atoms with Crippen molar-refractivity contribution in [1.29, 1.82) is 0 Å². The van der Waals surface area contributed by atoms with E-state index in [1.54, 1.807) is 0 Å². The summed E-state index contributed by atoms with van der Waals surface area (Å²) >= 11 is 0. The molecule has 2 fully saturated rings. The number of carbonyl (C=O) groups excluding carboxylic acids is 2. The Hall–Kier alpha value is -1.62. The van der Waals surface area contributed by atoms with E-state index < -0.39 is 0 Å². The Kier molecular flexibility index (Phi) is 4.68. The molecular weight excluding hydrogens is 326 g/mol. The third kappa shape index (κ3) is 3.11. The van der Waals surface area contributed by atoms with E-state index >= 15 is 0 Å². The summed E-state index contributed by atoms with van der Waals surface area (Å²) in [4.78, 5) is 33.4. The second-order valence-electron chi connectivity index (χ2n) is 8.70. The van der Waals surface area contributed by atoms with Gasteiger partial charge >= 0.3 is 0 Å². The van der Waals surface area contributed by atoms with E-state index in [1.165, 1.54) is 32.4 Å². The fraction of sp³-hybridized carbons (Fsp3) is 0.714. The monoisotopic (exact) mass is 357 g/mol. The minimum Gasteiger partial charge on any atom is -0.361 e. The minimum absolute atomic E-state index is 0.0656. The topological polar surface area (TPSA) is 56.4 Å². The highest BCUT2D eigenvalue weighted by Gasteiger charge is 2.38. The predicted octanol–water partition coefficient (Wildman–Crippen LogP) is 3.18. The lowest BCUT2D eigenvalue weighted by Crippen LogP contribution is -2.44. The van der Waals surface area contributed by atoms with Crippen LogP contribution in [-0.2, 0) is 6.42 Å². The van der Waals surface area contributed by atoms with Crippen LogP contribution in [0.3, 0.4) is 0 Å². The summed E-state index contributed by atoms with van der Waals surface area (Å²) in [6.45, 7) is 5.96. The third-order valence-corrected chi connectivity index (χ3v) is 6.97. The summed E-state index contributed by atoms with van der Waals surface area (Å²) in [6.07, 6.45) is 8.36. The molecule has 1 aliphatic carbocycles. The van der Waals surface area contributed by atoms with Gasteiger partial charge in [0.2, 0.25) is 0 Å². The van der Waals surface area contributed by atoms with Gasteiger partial charge in [0.1, 0.15) is 0 Å². The van der Waals surface area contributed by atoms with Crippen LogP contribution in [0.1, 0.15) is 77.0 Å². The SMILES string of the molecule is Cc1[nH]c2c(c1C(=O)N1CCC3(CCCN(C)CC3)CC1)C(=O)CCC2. The highest BCUT2D eigenvalue weighted by molar-refractivity contribution is 6.10. The Morgan fingerprint density at radius 2 is 1.73 bits per heavy atom. The maximum absolute atomic E-state index is 13.2. The number of carbonyl (C=O) groups is 2. The molecule has 0 atom stereocenters. The molecule has 3 heterocycles. The van der Waals surface area contributed by atoms with Gasteiger partial charge in [0, 0.05) is 30.9 Å². The number of hydrogen-bond acceptors (Lipinski definition) is 3. The lowest BCUT2D eigenvalue weighted by molar-refractivity contribution is 0.0539. The lowest BCUT2D eigenvalue weighted by Gasteiger charge is -2.41. The molecule has 142 valence electrons. The van der Waals surface area contributed by atoms with E-state index in [0.717, 1.165) is 50.2 Å². The number of nitrogens with one attached hydrogen (secondary N) is 1. The van der Waals surface area contributed by atoms with Gasteiger partial charge in [-0.05, 0) is 77.4 Å². The maximum atomic E-state index is 13.2. The van der Waals surface area contributed by atoms with Crippen LogP contribution >= 0.6 is 0 Å². The highest BCUT2D eigenvalue weighted by Crippen LogP contribution is 2.41. The Bertz CT molecular complexity index is 713. The standard InChI is InChI=1S/C21H31N3O2/c1-15-18(19-16(22-15)5-3-6-17(19)25)20(26)24-13-9-21(10-14-24)7-4-11-23(2)12-8-21/h22H,3-14H2,1-2H3. The molecule has 0 bridgehead atoms. The maximum Gasteiger partial charge on any atom is 0.256 e. The molecule has 0 radical (unpaired) electrons. The first-order valence-corrected chi connectivity index (χ1v) is 10.2. The number of hydrogen-bond donors (Lipinski definition) is 1. The van der Waals surface area contributed by atoms with Crippen LogP contribution in [-0.4, -0.2) is 59.7 Å². The average molecular weight is 357 g/mol. The van der Waals surface area contributed by atoms with Crippen molar-refractivity contribution in [1.82, 2.24) is 14.8 Å². The first kappa shape index (κ1) is 17.8. The van der Waals surface area contributed by atoms with Crippen LogP contribution in [0.2, 0.25) is 0 Å². The zero-order valence-electron chi connectivity index (χ0n) is 16.2. The number of fused-ring (bicyclic) bond motifs is 1. The van der Waals surface area contributed by atoms with Crippen LogP contribution in [0, 0.1) is 12.3 Å². The van der Waals surface area contributed by atoms with Gasteiger partial charge in [0.25, 0.3) is 5.91 Å². The Labute approximate surface area is 156 Å².